The van der Waals surface area contributed by atoms with E-state index in [9.17, 15) is 18.0 Å². The van der Waals surface area contributed by atoms with Crippen LogP contribution in [0, 0.1) is 6.92 Å². The topological polar surface area (TPSA) is 90.0 Å². The number of nitrogens with zero attached hydrogens (tertiary/aromatic N) is 6. The van der Waals surface area contributed by atoms with E-state index in [2.05, 4.69) is 25.5 Å². The molecule has 4 rings (SSSR count). The molecule has 0 atom stereocenters. The van der Waals surface area contributed by atoms with Crippen LogP contribution in [0.1, 0.15) is 53.8 Å². The lowest BCUT2D eigenvalue weighted by Crippen LogP contribution is -2.20. The lowest BCUT2D eigenvalue weighted by atomic mass is 9.91. The van der Waals surface area contributed by atoms with Crippen LogP contribution in [0.2, 0.25) is 0 Å². The van der Waals surface area contributed by atoms with Gasteiger partial charge in [-0.15, -0.1) is 5.10 Å². The van der Waals surface area contributed by atoms with E-state index in [4.69, 9.17) is 0 Å². The van der Waals surface area contributed by atoms with Crippen LogP contribution >= 0.6 is 0 Å². The van der Waals surface area contributed by atoms with Gasteiger partial charge in [-0.05, 0) is 18.6 Å². The van der Waals surface area contributed by atoms with E-state index >= 15 is 0 Å². The molecule has 1 N–H and O–H groups in total. The summed E-state index contributed by atoms with van der Waals surface area (Å²) in [4.78, 5) is 21.0. The zero-order valence-electron chi connectivity index (χ0n) is 18.5. The van der Waals surface area contributed by atoms with Crippen molar-refractivity contribution in [3.05, 3.63) is 70.9 Å². The number of hydrogen-bond donors (Lipinski definition) is 1. The van der Waals surface area contributed by atoms with E-state index in [1.165, 1.54) is 12.4 Å². The maximum atomic E-state index is 13.6. The Balaban J connectivity index is 1.58. The number of anilines is 1. The van der Waals surface area contributed by atoms with Gasteiger partial charge < -0.3 is 0 Å². The number of carbonyl (C=O) groups is 1. The third kappa shape index (κ3) is 4.86. The van der Waals surface area contributed by atoms with Crippen molar-refractivity contribution in [2.24, 2.45) is 0 Å². The fraction of sp³-hybridized carbons (Fsp3) is 0.318. The second-order valence-electron chi connectivity index (χ2n) is 8.78. The second kappa shape index (κ2) is 7.98. The van der Waals surface area contributed by atoms with Crippen molar-refractivity contribution in [3.8, 4) is 0 Å². The molecule has 0 aliphatic rings. The van der Waals surface area contributed by atoms with Crippen molar-refractivity contribution in [2.75, 3.05) is 5.32 Å². The van der Waals surface area contributed by atoms with Gasteiger partial charge in [0, 0.05) is 11.5 Å². The van der Waals surface area contributed by atoms with Gasteiger partial charge in [-0.25, -0.2) is 19.2 Å². The first kappa shape index (κ1) is 22.4. The maximum absolute atomic E-state index is 13.6. The quantitative estimate of drug-likeness (QED) is 0.495. The molecule has 3 heterocycles. The fourth-order valence-corrected chi connectivity index (χ4v) is 3.15. The Morgan fingerprint density at radius 3 is 2.39 bits per heavy atom. The molecule has 0 saturated carbocycles. The smallest absolute Gasteiger partial charge is 0.288 e. The highest BCUT2D eigenvalue weighted by Gasteiger charge is 2.36. The molecule has 8 nitrogen and oxygen atoms in total. The summed E-state index contributed by atoms with van der Waals surface area (Å²) >= 11 is 0. The molecule has 0 radical (unpaired) electrons. The van der Waals surface area contributed by atoms with Gasteiger partial charge in [0.25, 0.3) is 5.91 Å². The molecule has 0 spiro atoms. The minimum atomic E-state index is -4.67. The van der Waals surface area contributed by atoms with E-state index < -0.39 is 23.2 Å². The summed E-state index contributed by atoms with van der Waals surface area (Å²) in [6, 6.07) is 10.0. The number of benzene rings is 1. The lowest BCUT2D eigenvalue weighted by molar-refractivity contribution is -0.142. The Morgan fingerprint density at radius 1 is 1.06 bits per heavy atom. The molecule has 0 fully saturated rings. The normalized spacial score (nSPS) is 12.3. The summed E-state index contributed by atoms with van der Waals surface area (Å²) < 4.78 is 43.1. The number of carbonyl (C=O) groups excluding carboxylic acids is 1. The minimum absolute atomic E-state index is 0.0172. The predicted molar refractivity (Wildman–Crippen MR) is 115 cm³/mol. The number of hydrogen-bond acceptors (Lipinski definition) is 5. The molecule has 0 bridgehead atoms. The average Bonchev–Trinajstić information content (AvgIpc) is 3.34. The van der Waals surface area contributed by atoms with Crippen LogP contribution in [0.3, 0.4) is 0 Å². The molecule has 33 heavy (non-hydrogen) atoms. The zero-order chi connectivity index (χ0) is 24.0. The highest BCUT2D eigenvalue weighted by molar-refractivity contribution is 6.02. The van der Waals surface area contributed by atoms with E-state index in [1.807, 2.05) is 31.2 Å². The van der Waals surface area contributed by atoms with Crippen molar-refractivity contribution in [1.29, 1.82) is 0 Å². The van der Waals surface area contributed by atoms with Gasteiger partial charge >= 0.3 is 6.18 Å². The molecule has 0 aliphatic carbocycles. The maximum Gasteiger partial charge on any atom is 0.433 e. The van der Waals surface area contributed by atoms with Crippen molar-refractivity contribution in [1.82, 2.24) is 29.4 Å². The Kier molecular flexibility index (Phi) is 5.43. The highest BCUT2D eigenvalue weighted by atomic mass is 19.4. The minimum Gasteiger partial charge on any atom is -0.288 e. The monoisotopic (exact) mass is 457 g/mol. The molecular weight excluding hydrogens is 435 g/mol. The molecule has 11 heteroatoms. The molecule has 172 valence electrons. The molecule has 3 aromatic heterocycles. The van der Waals surface area contributed by atoms with E-state index in [0.717, 1.165) is 17.2 Å². The number of amides is 1. The zero-order valence-corrected chi connectivity index (χ0v) is 18.5. The van der Waals surface area contributed by atoms with Gasteiger partial charge in [0.15, 0.2) is 11.3 Å². The summed E-state index contributed by atoms with van der Waals surface area (Å²) in [5, 5.41) is 10.5. The molecule has 0 aliphatic heterocycles. The SMILES string of the molecule is Cc1ccc(Cn2cnc(NC(=O)c3cc4nc(C(C)(C)C)cc(C(F)(F)F)n4n3)n2)cc1. The molecule has 0 unspecified atom stereocenters. The Morgan fingerprint density at radius 2 is 1.76 bits per heavy atom. The first-order valence-corrected chi connectivity index (χ1v) is 10.1. The van der Waals surface area contributed by atoms with Gasteiger partial charge in [-0.1, -0.05) is 50.6 Å². The first-order chi connectivity index (χ1) is 15.4. The third-order valence-electron chi connectivity index (χ3n) is 4.95. The highest BCUT2D eigenvalue weighted by Crippen LogP contribution is 2.32. The summed E-state index contributed by atoms with van der Waals surface area (Å²) in [7, 11) is 0. The van der Waals surface area contributed by atoms with E-state index in [1.54, 1.807) is 25.5 Å². The molecule has 1 aromatic carbocycles. The van der Waals surface area contributed by atoms with Crippen LogP contribution in [-0.2, 0) is 18.1 Å². The van der Waals surface area contributed by atoms with Crippen molar-refractivity contribution < 1.29 is 18.0 Å². The van der Waals surface area contributed by atoms with E-state index in [-0.39, 0.29) is 23.0 Å². The van der Waals surface area contributed by atoms with Gasteiger partial charge in [0.05, 0.1) is 12.2 Å². The largest absolute Gasteiger partial charge is 0.433 e. The lowest BCUT2D eigenvalue weighted by Gasteiger charge is -2.19. The Hall–Kier alpha value is -3.76. The Bertz CT molecular complexity index is 1310. The number of aryl methyl sites for hydroxylation is 1. The molecule has 1 amide bonds. The van der Waals surface area contributed by atoms with Crippen molar-refractivity contribution >= 4 is 17.5 Å². The van der Waals surface area contributed by atoms with Crippen LogP contribution in [0.15, 0.2) is 42.7 Å². The number of fused-ring (bicyclic) bond motifs is 1. The number of halogens is 3. The summed E-state index contributed by atoms with van der Waals surface area (Å²) in [6.45, 7) is 7.72. The van der Waals surface area contributed by atoms with Crippen LogP contribution in [0.5, 0.6) is 0 Å². The summed E-state index contributed by atoms with van der Waals surface area (Å²) in [5.41, 5.74) is 0.455. The van der Waals surface area contributed by atoms with Gasteiger partial charge in [-0.2, -0.15) is 18.3 Å². The first-order valence-electron chi connectivity index (χ1n) is 10.1. The predicted octanol–water partition coefficient (Wildman–Crippen LogP) is 4.25. The van der Waals surface area contributed by atoms with Crippen molar-refractivity contribution in [2.45, 2.75) is 45.8 Å². The third-order valence-corrected chi connectivity index (χ3v) is 4.95. The molecule has 4 aromatic rings. The molecule has 0 saturated heterocycles. The molecular formula is C22H22F3N7O. The Labute approximate surface area is 187 Å². The van der Waals surface area contributed by atoms with Crippen LogP contribution in [-0.4, -0.2) is 35.3 Å². The summed E-state index contributed by atoms with van der Waals surface area (Å²) in [5.74, 6) is -0.720. The van der Waals surface area contributed by atoms with Crippen LogP contribution in [0.25, 0.3) is 5.65 Å². The standard InChI is InChI=1S/C22H22F3N7O/c1-13-5-7-14(8-6-13)11-31-12-26-20(30-31)28-19(33)15-9-18-27-16(21(2,3)4)10-17(22(23,24)25)32(18)29-15/h5-10,12H,11H2,1-4H3,(H,28,30,33). The number of alkyl halides is 3. The fourth-order valence-electron chi connectivity index (χ4n) is 3.15. The average molecular weight is 457 g/mol. The van der Waals surface area contributed by atoms with Crippen LogP contribution in [0.4, 0.5) is 19.1 Å². The second-order valence-corrected chi connectivity index (χ2v) is 8.78. The van der Waals surface area contributed by atoms with Gasteiger partial charge in [-0.3, -0.25) is 10.1 Å². The van der Waals surface area contributed by atoms with Gasteiger partial charge in [0.1, 0.15) is 12.0 Å². The summed E-state index contributed by atoms with van der Waals surface area (Å²) in [6.07, 6.45) is -3.21. The van der Waals surface area contributed by atoms with Crippen molar-refractivity contribution in [3.63, 3.8) is 0 Å². The van der Waals surface area contributed by atoms with Crippen LogP contribution < -0.4 is 5.32 Å². The van der Waals surface area contributed by atoms with Gasteiger partial charge in [0.2, 0.25) is 5.95 Å². The number of aromatic nitrogens is 6. The number of nitrogens with one attached hydrogen (secondary N) is 1. The van der Waals surface area contributed by atoms with E-state index in [0.29, 0.717) is 11.1 Å². The number of rotatable bonds is 4.